The molecular weight excluding hydrogens is 1030 g/mol. The Labute approximate surface area is 482 Å². The maximum atomic E-state index is 13.3. The van der Waals surface area contributed by atoms with Crippen molar-refractivity contribution in [1.29, 1.82) is 0 Å². The molecule has 0 bridgehead atoms. The fraction of sp³-hybridized carbons (Fsp3) is 0.855. The van der Waals surface area contributed by atoms with Gasteiger partial charge in [0.25, 0.3) is 0 Å². The number of amides is 3. The van der Waals surface area contributed by atoms with Crippen molar-refractivity contribution >= 4 is 53.4 Å². The summed E-state index contributed by atoms with van der Waals surface area (Å²) >= 11 is 0. The van der Waals surface area contributed by atoms with Crippen LogP contribution in [0.4, 0.5) is 4.79 Å². The molecule has 0 aromatic heterocycles. The van der Waals surface area contributed by atoms with E-state index in [4.69, 9.17) is 28.8 Å². The summed E-state index contributed by atoms with van der Waals surface area (Å²) in [6, 6.07) is -1.88. The zero-order valence-electron chi connectivity index (χ0n) is 52.5. The summed E-state index contributed by atoms with van der Waals surface area (Å²) in [7, 11) is 0. The van der Waals surface area contributed by atoms with Gasteiger partial charge in [0.2, 0.25) is 11.8 Å². The molecule has 0 aromatic rings. The number of aliphatic carboxylic acids is 1. The predicted molar refractivity (Wildman–Crippen MR) is 313 cm³/mol. The fourth-order valence-corrected chi connectivity index (χ4v) is 8.20. The summed E-state index contributed by atoms with van der Waals surface area (Å²) in [6.45, 7) is 25.3. The van der Waals surface area contributed by atoms with Crippen LogP contribution in [0.5, 0.6) is 0 Å². The molecule has 0 aromatic carbocycles. The molecule has 0 saturated carbocycles. The van der Waals surface area contributed by atoms with Crippen molar-refractivity contribution in [2.45, 2.75) is 318 Å². The number of carboxylic acids is 1. The maximum absolute atomic E-state index is 13.3. The SMILES string of the molecule is CCC(=O)N[C@@H](CCC(=O)C[C@@H](CCC(=O)N[C@@H](CCCCNC(=O)OC(C)(C)C)C(=O)CCCCCCOCC(=O)O)C(=O)OC(C)(C)C)C(=O)OC(C)(C)C.CCCCCCCCCCCCCCCCC(=O)OC(C)(C)C. The molecule has 3 amide bonds. The van der Waals surface area contributed by atoms with Crippen LogP contribution in [0.2, 0.25) is 0 Å². The van der Waals surface area contributed by atoms with Gasteiger partial charge in [0.15, 0.2) is 5.78 Å². The zero-order chi connectivity index (χ0) is 61.2. The number of hydrogen-bond donors (Lipinski definition) is 4. The first kappa shape index (κ1) is 77.5. The fourth-order valence-electron chi connectivity index (χ4n) is 8.20. The lowest BCUT2D eigenvalue weighted by molar-refractivity contribution is -0.162. The first-order valence-corrected chi connectivity index (χ1v) is 30.3. The number of unbranched alkanes of at least 4 members (excludes halogenated alkanes) is 17. The molecule has 0 aliphatic carbocycles. The van der Waals surface area contributed by atoms with Crippen LogP contribution in [-0.2, 0) is 62.0 Å². The van der Waals surface area contributed by atoms with E-state index in [2.05, 4.69) is 22.9 Å². The Bertz CT molecular complexity index is 1770. The van der Waals surface area contributed by atoms with Crippen molar-refractivity contribution < 1.29 is 71.9 Å². The average Bonchev–Trinajstić information content (AvgIpc) is 3.32. The van der Waals surface area contributed by atoms with Crippen molar-refractivity contribution in [1.82, 2.24) is 16.0 Å². The van der Waals surface area contributed by atoms with Crippen LogP contribution in [0.15, 0.2) is 0 Å². The smallest absolute Gasteiger partial charge is 0.407 e. The maximum Gasteiger partial charge on any atom is 0.407 e. The number of alkyl carbamates (subject to hydrolysis) is 1. The Balaban J connectivity index is 0. The quantitative estimate of drug-likeness (QED) is 0.0251. The van der Waals surface area contributed by atoms with E-state index in [-0.39, 0.29) is 80.6 Å². The normalized spacial score (nSPS) is 12.9. The number of ketones is 2. The lowest BCUT2D eigenvalue weighted by Crippen LogP contribution is -2.44. The van der Waals surface area contributed by atoms with Crippen molar-refractivity contribution in [3.05, 3.63) is 0 Å². The minimum atomic E-state index is -1.06. The van der Waals surface area contributed by atoms with Crippen LogP contribution in [0, 0.1) is 5.92 Å². The van der Waals surface area contributed by atoms with Gasteiger partial charge in [-0.1, -0.05) is 110 Å². The largest absolute Gasteiger partial charge is 0.480 e. The van der Waals surface area contributed by atoms with E-state index in [1.54, 1.807) is 69.2 Å². The Hall–Kier alpha value is -4.61. The van der Waals surface area contributed by atoms with Crippen LogP contribution in [0.3, 0.4) is 0 Å². The van der Waals surface area contributed by atoms with Crippen molar-refractivity contribution in [2.24, 2.45) is 5.92 Å². The monoisotopic (exact) mass is 1140 g/mol. The van der Waals surface area contributed by atoms with Gasteiger partial charge >= 0.3 is 30.0 Å². The summed E-state index contributed by atoms with van der Waals surface area (Å²) in [5.74, 6) is -4.81. The highest BCUT2D eigenvalue weighted by molar-refractivity contribution is 5.90. The standard InChI is InChI=1S/C41H71N3O13.C21H42O2/c1-11-33(47)44-31(37(52)56-40(5,6)7)22-21-29(45)26-28(36(51)55-39(2,3)4)20-23-34(48)43-30(18-15-16-24-42-38(53)57-41(8,9)10)32(46)19-14-12-13-17-25-54-27-35(49)50;1-5-6-7-8-9-10-11-12-13-14-15-16-17-18-19-20(22)23-21(2,3)4/h28,30-31H,11-27H2,1-10H3,(H,42,53)(H,43,48)(H,44,47)(H,49,50);5-19H2,1-4H3/t28-,30+,31+;/m1./s1. The van der Waals surface area contributed by atoms with Crippen LogP contribution in [0.1, 0.15) is 283 Å². The molecule has 0 saturated heterocycles. The Morgan fingerprint density at radius 2 is 0.925 bits per heavy atom. The molecule has 3 atom stereocenters. The summed E-state index contributed by atoms with van der Waals surface area (Å²) in [5.41, 5.74) is -2.67. The number of ether oxygens (including phenoxy) is 5. The number of nitrogens with one attached hydrogen (secondary N) is 3. The highest BCUT2D eigenvalue weighted by Crippen LogP contribution is 2.22. The van der Waals surface area contributed by atoms with Gasteiger partial charge in [0.05, 0.1) is 12.0 Å². The summed E-state index contributed by atoms with van der Waals surface area (Å²) in [5, 5.41) is 16.8. The zero-order valence-corrected chi connectivity index (χ0v) is 52.5. The Morgan fingerprint density at radius 3 is 1.43 bits per heavy atom. The molecule has 466 valence electrons. The topological polar surface area (TPSA) is 256 Å². The first-order chi connectivity index (χ1) is 37.3. The van der Waals surface area contributed by atoms with E-state index in [1.807, 2.05) is 20.8 Å². The molecule has 0 fully saturated rings. The Kier molecular flexibility index (Phi) is 42.6. The second kappa shape index (κ2) is 44.0. The number of Topliss-reactive ketones (excluding diaryl/α,β-unsaturated/α-hetero) is 2. The minimum absolute atomic E-state index is 0.0424. The van der Waals surface area contributed by atoms with Crippen molar-refractivity contribution in [3.8, 4) is 0 Å². The molecular formula is C62H113N3O15. The van der Waals surface area contributed by atoms with Crippen molar-refractivity contribution in [2.75, 3.05) is 19.8 Å². The number of hydrogen-bond acceptors (Lipinski definition) is 14. The van der Waals surface area contributed by atoms with Gasteiger partial charge in [0.1, 0.15) is 40.8 Å². The van der Waals surface area contributed by atoms with Crippen LogP contribution >= 0.6 is 0 Å². The van der Waals surface area contributed by atoms with Gasteiger partial charge < -0.3 is 44.7 Å². The molecule has 0 spiro atoms. The number of esters is 3. The first-order valence-electron chi connectivity index (χ1n) is 30.3. The van der Waals surface area contributed by atoms with Crippen LogP contribution in [-0.4, -0.2) is 113 Å². The van der Waals surface area contributed by atoms with Crippen LogP contribution in [0.25, 0.3) is 0 Å². The van der Waals surface area contributed by atoms with Gasteiger partial charge in [-0.25, -0.2) is 14.4 Å². The lowest BCUT2D eigenvalue weighted by Gasteiger charge is -2.25. The summed E-state index contributed by atoms with van der Waals surface area (Å²) in [4.78, 5) is 112. The van der Waals surface area contributed by atoms with E-state index in [9.17, 15) is 43.2 Å². The molecule has 0 radical (unpaired) electrons. The van der Waals surface area contributed by atoms with E-state index in [0.29, 0.717) is 58.1 Å². The highest BCUT2D eigenvalue weighted by Gasteiger charge is 2.31. The molecule has 0 unspecified atom stereocenters. The molecule has 0 heterocycles. The van der Waals surface area contributed by atoms with Gasteiger partial charge in [0, 0.05) is 51.7 Å². The minimum Gasteiger partial charge on any atom is -0.480 e. The van der Waals surface area contributed by atoms with Gasteiger partial charge in [-0.15, -0.1) is 0 Å². The van der Waals surface area contributed by atoms with E-state index in [0.717, 1.165) is 19.3 Å². The third kappa shape index (κ3) is 51.5. The third-order valence-corrected chi connectivity index (χ3v) is 12.1. The molecule has 4 N–H and O–H groups in total. The molecule has 0 aliphatic heterocycles. The predicted octanol–water partition coefficient (Wildman–Crippen LogP) is 12.7. The summed E-state index contributed by atoms with van der Waals surface area (Å²) in [6.07, 6.45) is 22.5. The second-order valence-electron chi connectivity index (χ2n) is 25.1. The molecule has 0 aliphatic rings. The van der Waals surface area contributed by atoms with E-state index in [1.165, 1.54) is 77.0 Å². The number of carbonyl (C=O) groups excluding carboxylic acids is 8. The van der Waals surface area contributed by atoms with Gasteiger partial charge in [-0.3, -0.25) is 28.8 Å². The highest BCUT2D eigenvalue weighted by atomic mass is 16.6. The number of carbonyl (C=O) groups is 9. The molecule has 0 rings (SSSR count). The molecule has 80 heavy (non-hydrogen) atoms. The summed E-state index contributed by atoms with van der Waals surface area (Å²) < 4.78 is 26.6. The van der Waals surface area contributed by atoms with Crippen LogP contribution < -0.4 is 16.0 Å². The Morgan fingerprint density at radius 1 is 0.450 bits per heavy atom. The van der Waals surface area contributed by atoms with E-state index < -0.39 is 64.7 Å². The molecule has 18 heteroatoms. The third-order valence-electron chi connectivity index (χ3n) is 12.1. The lowest BCUT2D eigenvalue weighted by atomic mass is 9.93. The second-order valence-corrected chi connectivity index (χ2v) is 25.1. The average molecular weight is 1140 g/mol. The van der Waals surface area contributed by atoms with Gasteiger partial charge in [-0.2, -0.15) is 0 Å². The van der Waals surface area contributed by atoms with E-state index >= 15 is 0 Å². The van der Waals surface area contributed by atoms with Crippen molar-refractivity contribution in [3.63, 3.8) is 0 Å². The van der Waals surface area contributed by atoms with Gasteiger partial charge in [-0.05, 0) is 134 Å². The molecule has 18 nitrogen and oxygen atoms in total. The number of rotatable bonds is 43. The number of carboxylic acid groups (broad SMARTS) is 1.